The Kier molecular flexibility index (Phi) is 9.00. The van der Waals surface area contributed by atoms with E-state index in [-0.39, 0.29) is 5.75 Å². The fourth-order valence-corrected chi connectivity index (χ4v) is 2.40. The van der Waals surface area contributed by atoms with E-state index in [2.05, 4.69) is 16.7 Å². The van der Waals surface area contributed by atoms with Crippen molar-refractivity contribution in [3.8, 4) is 18.2 Å². The molecule has 0 aliphatic carbocycles. The van der Waals surface area contributed by atoms with Crippen molar-refractivity contribution < 1.29 is 24.2 Å². The summed E-state index contributed by atoms with van der Waals surface area (Å²) in [6.45, 7) is 7.09. The second-order valence-electron chi connectivity index (χ2n) is 7.39. The Morgan fingerprint density at radius 3 is 2.34 bits per heavy atom. The van der Waals surface area contributed by atoms with Crippen LogP contribution < -0.4 is 10.6 Å². The normalized spacial score (nSPS) is 11.7. The number of phenolic OH excluding ortho intramolecular Hbond substituents is 1. The summed E-state index contributed by atoms with van der Waals surface area (Å²) in [5.74, 6) is -1.08. The number of ether oxygens (including phenoxy) is 1. The Morgan fingerprint density at radius 2 is 1.83 bits per heavy atom. The van der Waals surface area contributed by atoms with Gasteiger partial charge in [-0.3, -0.25) is 14.5 Å². The van der Waals surface area contributed by atoms with Crippen molar-refractivity contribution in [2.24, 2.45) is 0 Å². The van der Waals surface area contributed by atoms with E-state index in [9.17, 15) is 19.5 Å². The number of hydrogen-bond acceptors (Lipinski definition) is 5. The third-order valence-electron chi connectivity index (χ3n) is 3.74. The molecule has 1 atom stereocenters. The minimum Gasteiger partial charge on any atom is -0.508 e. The highest BCUT2D eigenvalue weighted by Crippen LogP contribution is 2.23. The van der Waals surface area contributed by atoms with Crippen LogP contribution in [0.15, 0.2) is 24.3 Å². The molecule has 0 saturated carbocycles. The zero-order valence-electron chi connectivity index (χ0n) is 17.3. The number of hydrogen-bond donors (Lipinski definition) is 3. The number of amides is 3. The van der Waals surface area contributed by atoms with Crippen LogP contribution in [0.3, 0.4) is 0 Å². The van der Waals surface area contributed by atoms with Gasteiger partial charge in [0.1, 0.15) is 23.9 Å². The summed E-state index contributed by atoms with van der Waals surface area (Å²) in [4.78, 5) is 38.1. The molecule has 0 bridgehead atoms. The van der Waals surface area contributed by atoms with Gasteiger partial charge in [-0.1, -0.05) is 31.9 Å². The van der Waals surface area contributed by atoms with Crippen molar-refractivity contribution >= 4 is 17.9 Å². The summed E-state index contributed by atoms with van der Waals surface area (Å²) in [7, 11) is 0. The molecular formula is C21H29N3O5. The summed E-state index contributed by atoms with van der Waals surface area (Å²) < 4.78 is 5.09. The largest absolute Gasteiger partial charge is 0.508 e. The lowest BCUT2D eigenvalue weighted by Crippen LogP contribution is -2.45. The molecule has 158 valence electrons. The second-order valence-corrected chi connectivity index (χ2v) is 7.39. The third-order valence-corrected chi connectivity index (χ3v) is 3.74. The Morgan fingerprint density at radius 1 is 1.21 bits per heavy atom. The van der Waals surface area contributed by atoms with E-state index >= 15 is 0 Å². The van der Waals surface area contributed by atoms with Crippen LogP contribution in [0, 0.1) is 12.5 Å². The van der Waals surface area contributed by atoms with Crippen molar-refractivity contribution in [1.82, 2.24) is 15.5 Å². The maximum Gasteiger partial charge on any atom is 0.408 e. The van der Waals surface area contributed by atoms with Gasteiger partial charge in [0.05, 0.1) is 0 Å². The first-order chi connectivity index (χ1) is 13.6. The van der Waals surface area contributed by atoms with E-state index in [1.54, 1.807) is 20.8 Å². The molecule has 0 saturated heterocycles. The van der Waals surface area contributed by atoms with Crippen molar-refractivity contribution in [2.75, 3.05) is 13.1 Å². The number of aromatic hydroxyl groups is 1. The van der Waals surface area contributed by atoms with Crippen LogP contribution in [0.25, 0.3) is 0 Å². The number of carbonyl (C=O) groups excluding carboxylic acids is 3. The summed E-state index contributed by atoms with van der Waals surface area (Å²) in [6.07, 6.45) is 6.42. The molecule has 0 aliphatic rings. The number of carbonyl (C=O) groups is 3. The van der Waals surface area contributed by atoms with E-state index in [0.29, 0.717) is 12.1 Å². The second kappa shape index (κ2) is 11.0. The molecule has 8 heteroatoms. The van der Waals surface area contributed by atoms with E-state index in [1.807, 2.05) is 6.92 Å². The number of phenols is 1. The van der Waals surface area contributed by atoms with Crippen molar-refractivity contribution in [3.63, 3.8) is 0 Å². The fraction of sp³-hybridized carbons (Fsp3) is 0.476. The molecule has 1 unspecified atom stereocenters. The van der Waals surface area contributed by atoms with Gasteiger partial charge in [-0.2, -0.15) is 0 Å². The first kappa shape index (κ1) is 23.8. The number of unbranched alkanes of at least 4 members (excludes halogenated alkanes) is 1. The molecule has 0 aromatic heterocycles. The maximum atomic E-state index is 12.8. The number of alkyl carbamates (subject to hydrolysis) is 1. The summed E-state index contributed by atoms with van der Waals surface area (Å²) in [5, 5.41) is 14.6. The highest BCUT2D eigenvalue weighted by atomic mass is 16.6. The van der Waals surface area contributed by atoms with E-state index < -0.39 is 36.1 Å². The molecule has 0 spiro atoms. The first-order valence-corrected chi connectivity index (χ1v) is 9.40. The zero-order chi connectivity index (χ0) is 22.0. The molecule has 0 radical (unpaired) electrons. The molecular weight excluding hydrogens is 374 g/mol. The maximum absolute atomic E-state index is 12.8. The van der Waals surface area contributed by atoms with Gasteiger partial charge in [0.15, 0.2) is 0 Å². The van der Waals surface area contributed by atoms with Crippen LogP contribution in [0.1, 0.15) is 52.1 Å². The molecule has 0 fully saturated rings. The van der Waals surface area contributed by atoms with Gasteiger partial charge in [-0.15, -0.1) is 0 Å². The lowest BCUT2D eigenvalue weighted by atomic mass is 10.0. The summed E-state index contributed by atoms with van der Waals surface area (Å²) in [5.41, 5.74) is -0.285. The van der Waals surface area contributed by atoms with E-state index in [4.69, 9.17) is 11.2 Å². The standard InChI is InChI=1S/C21H29N3O5/c1-6-8-13-22-19(27)18(15-9-11-16(25)12-10-15)24(7-2)17(26)14-23-20(28)29-21(3,4)5/h2,9-12,18,25H,6,8,13-14H2,1,3-5H3,(H,22,27)(H,23,28). The topological polar surface area (TPSA) is 108 Å². The molecule has 1 aromatic rings. The molecule has 0 aliphatic heterocycles. The van der Waals surface area contributed by atoms with Crippen LogP contribution in [0.2, 0.25) is 0 Å². The Hall–Kier alpha value is -3.21. The third kappa shape index (κ3) is 8.13. The zero-order valence-corrected chi connectivity index (χ0v) is 17.3. The van der Waals surface area contributed by atoms with Crippen LogP contribution in [0.4, 0.5) is 4.79 Å². The van der Waals surface area contributed by atoms with Crippen molar-refractivity contribution in [1.29, 1.82) is 0 Å². The monoisotopic (exact) mass is 403 g/mol. The van der Waals surface area contributed by atoms with Gasteiger partial charge in [-0.25, -0.2) is 4.79 Å². The van der Waals surface area contributed by atoms with Crippen LogP contribution >= 0.6 is 0 Å². The lowest BCUT2D eigenvalue weighted by molar-refractivity contribution is -0.136. The minimum absolute atomic E-state index is 0.0177. The smallest absolute Gasteiger partial charge is 0.408 e. The van der Waals surface area contributed by atoms with Gasteiger partial charge < -0.3 is 20.5 Å². The van der Waals surface area contributed by atoms with Crippen LogP contribution in [-0.2, 0) is 14.3 Å². The molecule has 1 rings (SSSR count). The van der Waals surface area contributed by atoms with Gasteiger partial charge in [0.25, 0.3) is 5.91 Å². The Bertz CT molecular complexity index is 747. The van der Waals surface area contributed by atoms with Gasteiger partial charge >= 0.3 is 6.09 Å². The van der Waals surface area contributed by atoms with Gasteiger partial charge in [-0.05, 0) is 44.9 Å². The SMILES string of the molecule is C#CN(C(=O)CNC(=O)OC(C)(C)C)C(C(=O)NCCCC)c1ccc(O)cc1. The number of terminal acetylenes is 1. The fourth-order valence-electron chi connectivity index (χ4n) is 2.40. The first-order valence-electron chi connectivity index (χ1n) is 9.40. The predicted octanol–water partition coefficient (Wildman–Crippen LogP) is 2.29. The van der Waals surface area contributed by atoms with Crippen LogP contribution in [0.5, 0.6) is 5.75 Å². The molecule has 0 heterocycles. The Balaban J connectivity index is 2.99. The number of nitrogens with zero attached hydrogens (tertiary/aromatic N) is 1. The predicted molar refractivity (Wildman–Crippen MR) is 109 cm³/mol. The average molecular weight is 403 g/mol. The molecule has 1 aromatic carbocycles. The lowest BCUT2D eigenvalue weighted by Gasteiger charge is -2.27. The summed E-state index contributed by atoms with van der Waals surface area (Å²) >= 11 is 0. The molecule has 3 amide bonds. The van der Waals surface area contributed by atoms with E-state index in [0.717, 1.165) is 17.7 Å². The Labute approximate surface area is 171 Å². The van der Waals surface area contributed by atoms with Crippen molar-refractivity contribution in [2.45, 2.75) is 52.2 Å². The molecule has 8 nitrogen and oxygen atoms in total. The van der Waals surface area contributed by atoms with E-state index in [1.165, 1.54) is 24.3 Å². The highest BCUT2D eigenvalue weighted by molar-refractivity contribution is 5.91. The van der Waals surface area contributed by atoms with Crippen LogP contribution in [-0.4, -0.2) is 46.6 Å². The highest BCUT2D eigenvalue weighted by Gasteiger charge is 2.31. The minimum atomic E-state index is -1.11. The molecule has 3 N–H and O–H groups in total. The number of rotatable bonds is 8. The van der Waals surface area contributed by atoms with Gasteiger partial charge in [0, 0.05) is 12.6 Å². The average Bonchev–Trinajstić information content (AvgIpc) is 2.63. The quantitative estimate of drug-likeness (QED) is 0.351. The molecule has 29 heavy (non-hydrogen) atoms. The number of nitrogens with one attached hydrogen (secondary N) is 2. The number of benzene rings is 1. The summed E-state index contributed by atoms with van der Waals surface area (Å²) in [6, 6.07) is 6.95. The van der Waals surface area contributed by atoms with Crippen molar-refractivity contribution in [3.05, 3.63) is 29.8 Å². The van der Waals surface area contributed by atoms with Gasteiger partial charge in [0.2, 0.25) is 5.91 Å².